The number of hydrogen-bond donors (Lipinski definition) is 0. The van der Waals surface area contributed by atoms with Gasteiger partial charge < -0.3 is 9.64 Å². The van der Waals surface area contributed by atoms with E-state index in [1.165, 1.54) is 37.3 Å². The molecule has 0 aromatic heterocycles. The number of benzene rings is 1. The number of carbonyl (C=O) groups excluding carboxylic acids is 4. The topological polar surface area (TPSA) is 84.0 Å². The quantitative estimate of drug-likeness (QED) is 0.522. The fraction of sp³-hybridized carbons (Fsp3) is 0.545. The van der Waals surface area contributed by atoms with E-state index in [0.717, 1.165) is 37.0 Å². The number of nitrogens with zero attached hydrogens (tertiary/aromatic N) is 2. The van der Waals surface area contributed by atoms with Gasteiger partial charge in [-0.1, -0.05) is 37.5 Å². The van der Waals surface area contributed by atoms with E-state index in [-0.39, 0.29) is 30.5 Å². The zero-order chi connectivity index (χ0) is 21.9. The molecule has 0 N–H and O–H groups in total. The van der Waals surface area contributed by atoms with Crippen molar-refractivity contribution in [1.29, 1.82) is 0 Å². The van der Waals surface area contributed by atoms with Crippen LogP contribution in [-0.2, 0) is 29.3 Å². The average molecular weight is 418 g/mol. The summed E-state index contributed by atoms with van der Waals surface area (Å²) in [6.45, 7) is -0.294. The molecule has 1 unspecified atom stereocenters. The van der Waals surface area contributed by atoms with Crippen LogP contribution in [0, 0.1) is 5.82 Å². The van der Waals surface area contributed by atoms with Crippen LogP contribution in [0.4, 0.5) is 4.39 Å². The predicted molar refractivity (Wildman–Crippen MR) is 106 cm³/mol. The van der Waals surface area contributed by atoms with Crippen LogP contribution >= 0.6 is 0 Å². The van der Waals surface area contributed by atoms with Gasteiger partial charge in [-0.25, -0.2) is 4.39 Å². The van der Waals surface area contributed by atoms with Gasteiger partial charge in [0, 0.05) is 31.5 Å². The number of methoxy groups -OCH3 is 1. The van der Waals surface area contributed by atoms with Crippen LogP contribution in [0.3, 0.4) is 0 Å². The highest BCUT2D eigenvalue weighted by Crippen LogP contribution is 2.43. The first kappa shape index (κ1) is 21.9. The molecular weight excluding hydrogens is 391 g/mol. The Bertz CT molecular complexity index is 852. The number of carbonyl (C=O) groups is 4. The third-order valence-corrected chi connectivity index (χ3v) is 6.15. The Morgan fingerprint density at radius 1 is 1.20 bits per heavy atom. The molecule has 2 aliphatic rings. The van der Waals surface area contributed by atoms with Crippen LogP contribution in [0.5, 0.6) is 0 Å². The minimum atomic E-state index is -1.61. The molecule has 3 amide bonds. The number of rotatable bonds is 6. The van der Waals surface area contributed by atoms with Crippen LogP contribution in [0.1, 0.15) is 50.5 Å². The highest BCUT2D eigenvalue weighted by atomic mass is 19.1. The van der Waals surface area contributed by atoms with E-state index < -0.39 is 35.4 Å². The van der Waals surface area contributed by atoms with Crippen molar-refractivity contribution in [2.24, 2.45) is 0 Å². The summed E-state index contributed by atoms with van der Waals surface area (Å²) in [6.07, 6.45) is 3.70. The summed E-state index contributed by atoms with van der Waals surface area (Å²) in [5.41, 5.74) is -1.57. The number of halogens is 1. The summed E-state index contributed by atoms with van der Waals surface area (Å²) < 4.78 is 19.4. The zero-order valence-corrected chi connectivity index (χ0v) is 17.4. The fourth-order valence-corrected chi connectivity index (χ4v) is 4.50. The largest absolute Gasteiger partial charge is 0.468 e. The molecule has 30 heavy (non-hydrogen) atoms. The third-order valence-electron chi connectivity index (χ3n) is 6.15. The molecule has 162 valence electrons. The number of hydrogen-bond acceptors (Lipinski definition) is 5. The summed E-state index contributed by atoms with van der Waals surface area (Å²) in [5, 5.41) is 0. The van der Waals surface area contributed by atoms with E-state index in [0.29, 0.717) is 0 Å². The molecular formula is C22H27FN2O5. The lowest BCUT2D eigenvalue weighted by Crippen LogP contribution is -2.47. The molecule has 1 saturated heterocycles. The van der Waals surface area contributed by atoms with E-state index in [1.807, 2.05) is 0 Å². The van der Waals surface area contributed by atoms with Gasteiger partial charge in [-0.3, -0.25) is 24.1 Å². The lowest BCUT2D eigenvalue weighted by Gasteiger charge is -2.33. The van der Waals surface area contributed by atoms with E-state index in [4.69, 9.17) is 0 Å². The van der Waals surface area contributed by atoms with Crippen LogP contribution in [0.2, 0.25) is 0 Å². The van der Waals surface area contributed by atoms with Gasteiger partial charge >= 0.3 is 5.97 Å². The zero-order valence-electron chi connectivity index (χ0n) is 17.4. The molecule has 1 aromatic carbocycles. The van der Waals surface area contributed by atoms with Crippen LogP contribution in [0.15, 0.2) is 24.3 Å². The van der Waals surface area contributed by atoms with Crippen LogP contribution in [0.25, 0.3) is 0 Å². The first-order valence-electron chi connectivity index (χ1n) is 10.2. The molecule has 1 heterocycles. The maximum atomic E-state index is 14.8. The minimum absolute atomic E-state index is 0.0430. The smallest absolute Gasteiger partial charge is 0.325 e. The number of likely N-dealkylation sites (N-methyl/N-ethyl adjacent to an activating group) is 1. The molecule has 1 atom stereocenters. The Hall–Kier alpha value is -2.77. The lowest BCUT2D eigenvalue weighted by molar-refractivity contribution is -0.147. The summed E-state index contributed by atoms with van der Waals surface area (Å²) >= 11 is 0. The summed E-state index contributed by atoms with van der Waals surface area (Å²) in [7, 11) is 2.62. The van der Waals surface area contributed by atoms with Gasteiger partial charge in [-0.15, -0.1) is 0 Å². The van der Waals surface area contributed by atoms with E-state index in [2.05, 4.69) is 4.74 Å². The lowest BCUT2D eigenvalue weighted by atomic mass is 9.75. The number of likely N-dealkylation sites (tertiary alicyclic amines) is 1. The Morgan fingerprint density at radius 3 is 2.50 bits per heavy atom. The normalized spacial score (nSPS) is 22.3. The first-order chi connectivity index (χ1) is 14.3. The first-order valence-corrected chi connectivity index (χ1v) is 10.2. The third kappa shape index (κ3) is 4.08. The van der Waals surface area contributed by atoms with Crippen molar-refractivity contribution >= 4 is 23.7 Å². The van der Waals surface area contributed by atoms with Crippen molar-refractivity contribution in [2.45, 2.75) is 56.4 Å². The Balaban J connectivity index is 1.96. The SMILES string of the molecule is COC(=O)CN(C)C(=O)CC1(c2ccccc2F)CC(=O)N(C2CCCCC2)C1=O. The summed E-state index contributed by atoms with van der Waals surface area (Å²) in [5.74, 6) is -2.67. The molecule has 0 bridgehead atoms. The molecule has 1 aliphatic heterocycles. The molecule has 1 aliphatic carbocycles. The second kappa shape index (κ2) is 8.93. The number of imide groups is 1. The van der Waals surface area contributed by atoms with Crippen molar-refractivity contribution in [3.8, 4) is 0 Å². The fourth-order valence-electron chi connectivity index (χ4n) is 4.50. The van der Waals surface area contributed by atoms with Gasteiger partial charge in [-0.2, -0.15) is 0 Å². The van der Waals surface area contributed by atoms with E-state index in [9.17, 15) is 23.6 Å². The molecule has 0 radical (unpaired) electrons. The monoisotopic (exact) mass is 418 g/mol. The second-order valence-corrected chi connectivity index (χ2v) is 8.10. The van der Waals surface area contributed by atoms with Crippen LogP contribution in [-0.4, -0.2) is 60.2 Å². The van der Waals surface area contributed by atoms with E-state index >= 15 is 0 Å². The molecule has 1 aromatic rings. The maximum absolute atomic E-state index is 14.8. The molecule has 2 fully saturated rings. The maximum Gasteiger partial charge on any atom is 0.325 e. The van der Waals surface area contributed by atoms with Gasteiger partial charge in [0.25, 0.3) is 0 Å². The highest BCUT2D eigenvalue weighted by Gasteiger charge is 2.56. The van der Waals surface area contributed by atoms with Gasteiger partial charge in [0.05, 0.1) is 12.5 Å². The van der Waals surface area contributed by atoms with Gasteiger partial charge in [0.2, 0.25) is 17.7 Å². The second-order valence-electron chi connectivity index (χ2n) is 8.10. The van der Waals surface area contributed by atoms with Gasteiger partial charge in [0.15, 0.2) is 0 Å². The molecule has 7 nitrogen and oxygen atoms in total. The molecule has 3 rings (SSSR count). The van der Waals surface area contributed by atoms with Crippen molar-refractivity contribution in [3.05, 3.63) is 35.6 Å². The molecule has 8 heteroatoms. The summed E-state index contributed by atoms with van der Waals surface area (Å²) in [4.78, 5) is 53.4. The number of amides is 3. The number of esters is 1. The van der Waals surface area contributed by atoms with Crippen molar-refractivity contribution in [1.82, 2.24) is 9.80 Å². The van der Waals surface area contributed by atoms with Crippen LogP contribution < -0.4 is 0 Å². The average Bonchev–Trinajstić information content (AvgIpc) is 2.98. The van der Waals surface area contributed by atoms with Crippen molar-refractivity contribution < 1.29 is 28.3 Å². The van der Waals surface area contributed by atoms with Gasteiger partial charge in [0.1, 0.15) is 12.4 Å². The van der Waals surface area contributed by atoms with Gasteiger partial charge in [-0.05, 0) is 18.9 Å². The Kier molecular flexibility index (Phi) is 6.53. The summed E-state index contributed by atoms with van der Waals surface area (Å²) in [6, 6.07) is 5.55. The van der Waals surface area contributed by atoms with Crippen molar-refractivity contribution in [3.63, 3.8) is 0 Å². The number of ether oxygens (including phenoxy) is 1. The van der Waals surface area contributed by atoms with E-state index in [1.54, 1.807) is 6.07 Å². The minimum Gasteiger partial charge on any atom is -0.468 e. The Morgan fingerprint density at radius 2 is 1.87 bits per heavy atom. The molecule has 1 saturated carbocycles. The van der Waals surface area contributed by atoms with Crippen molar-refractivity contribution in [2.75, 3.05) is 20.7 Å². The molecule has 0 spiro atoms. The Labute approximate surface area is 175 Å². The predicted octanol–water partition coefficient (Wildman–Crippen LogP) is 2.18. The highest BCUT2D eigenvalue weighted by molar-refractivity contribution is 6.11. The standard InChI is InChI=1S/C22H27FN2O5/c1-24(14-20(28)30-2)18(26)12-22(16-10-6-7-11-17(16)23)13-19(27)25(21(22)29)15-8-4-3-5-9-15/h6-7,10-11,15H,3-5,8-9,12-14H2,1-2H3.